The van der Waals surface area contributed by atoms with Crippen LogP contribution in [0.15, 0.2) is 12.2 Å². The minimum Gasteiger partial charge on any atom is -0.462 e. The van der Waals surface area contributed by atoms with Gasteiger partial charge in [-0.25, -0.2) is 0 Å². The molecule has 0 radical (unpaired) electrons. The van der Waals surface area contributed by atoms with Crippen molar-refractivity contribution in [1.29, 1.82) is 0 Å². The van der Waals surface area contributed by atoms with Gasteiger partial charge in [0, 0.05) is 6.92 Å². The van der Waals surface area contributed by atoms with Crippen LogP contribution in [0.1, 0.15) is 52.9 Å². The van der Waals surface area contributed by atoms with Gasteiger partial charge >= 0.3 is 5.97 Å². The Morgan fingerprint density at radius 3 is 2.67 bits per heavy atom. The summed E-state index contributed by atoms with van der Waals surface area (Å²) in [6.45, 7) is 6.39. The van der Waals surface area contributed by atoms with Gasteiger partial charge in [0.2, 0.25) is 0 Å². The molecule has 0 bridgehead atoms. The Kier molecular flexibility index (Phi) is 9.24. The van der Waals surface area contributed by atoms with Gasteiger partial charge in [0.05, 0.1) is 0 Å². The Labute approximate surface area is 93.7 Å². The molecule has 1 unspecified atom stereocenters. The summed E-state index contributed by atoms with van der Waals surface area (Å²) in [5.41, 5.74) is 0. The fourth-order valence-corrected chi connectivity index (χ4v) is 1.57. The molecule has 0 spiro atoms. The molecule has 0 fully saturated rings. The second-order valence-electron chi connectivity index (χ2n) is 4.10. The summed E-state index contributed by atoms with van der Waals surface area (Å²) in [5, 5.41) is 0. The third-order valence-electron chi connectivity index (χ3n) is 2.40. The molecule has 0 aliphatic heterocycles. The molecule has 0 heterocycles. The lowest BCUT2D eigenvalue weighted by Crippen LogP contribution is -1.97. The molecule has 0 aromatic carbocycles. The summed E-state index contributed by atoms with van der Waals surface area (Å²) in [6.07, 6.45) is 10.3. The van der Waals surface area contributed by atoms with E-state index in [-0.39, 0.29) is 5.97 Å². The molecule has 0 rings (SSSR count). The average molecular weight is 212 g/mol. The number of carbonyl (C=O) groups excluding carboxylic acids is 1. The predicted molar refractivity (Wildman–Crippen MR) is 63.7 cm³/mol. The molecule has 0 amide bonds. The Morgan fingerprint density at radius 1 is 1.33 bits per heavy atom. The topological polar surface area (TPSA) is 26.3 Å². The molecule has 88 valence electrons. The summed E-state index contributed by atoms with van der Waals surface area (Å²) in [4.78, 5) is 10.4. The molecule has 0 saturated heterocycles. The van der Waals surface area contributed by atoms with Gasteiger partial charge in [-0.05, 0) is 18.8 Å². The maximum atomic E-state index is 10.4. The van der Waals surface area contributed by atoms with Gasteiger partial charge in [-0.2, -0.15) is 0 Å². The Hall–Kier alpha value is -0.790. The summed E-state index contributed by atoms with van der Waals surface area (Å²) in [7, 11) is 0. The van der Waals surface area contributed by atoms with E-state index in [2.05, 4.69) is 19.9 Å². The van der Waals surface area contributed by atoms with Crippen molar-refractivity contribution in [2.75, 3.05) is 6.61 Å². The highest BCUT2D eigenvalue weighted by atomic mass is 16.5. The fraction of sp³-hybridized carbons (Fsp3) is 0.769. The van der Waals surface area contributed by atoms with Crippen LogP contribution >= 0.6 is 0 Å². The van der Waals surface area contributed by atoms with E-state index < -0.39 is 0 Å². The highest BCUT2D eigenvalue weighted by Crippen LogP contribution is 2.13. The molecule has 2 nitrogen and oxygen atoms in total. The van der Waals surface area contributed by atoms with E-state index in [4.69, 9.17) is 4.74 Å². The van der Waals surface area contributed by atoms with Gasteiger partial charge in [-0.1, -0.05) is 45.3 Å². The van der Waals surface area contributed by atoms with E-state index in [0.29, 0.717) is 6.61 Å². The van der Waals surface area contributed by atoms with Crippen molar-refractivity contribution in [3.63, 3.8) is 0 Å². The summed E-state index contributed by atoms with van der Waals surface area (Å²) in [6, 6.07) is 0. The van der Waals surface area contributed by atoms with Crippen LogP contribution in [0.4, 0.5) is 0 Å². The zero-order valence-corrected chi connectivity index (χ0v) is 10.3. The lowest BCUT2D eigenvalue weighted by atomic mass is 9.99. The van der Waals surface area contributed by atoms with Gasteiger partial charge < -0.3 is 4.74 Å². The molecule has 0 aromatic heterocycles. The number of allylic oxidation sites excluding steroid dienone is 1. The molecule has 2 heteroatoms. The number of rotatable bonds is 8. The van der Waals surface area contributed by atoms with Crippen LogP contribution in [-0.2, 0) is 9.53 Å². The van der Waals surface area contributed by atoms with Crippen LogP contribution in [0, 0.1) is 5.92 Å². The molecular weight excluding hydrogens is 188 g/mol. The van der Waals surface area contributed by atoms with E-state index in [1.54, 1.807) is 0 Å². The van der Waals surface area contributed by atoms with Gasteiger partial charge in [0.1, 0.15) is 6.61 Å². The smallest absolute Gasteiger partial charge is 0.302 e. The Balaban J connectivity index is 3.26. The maximum Gasteiger partial charge on any atom is 0.302 e. The van der Waals surface area contributed by atoms with Crippen LogP contribution in [-0.4, -0.2) is 12.6 Å². The van der Waals surface area contributed by atoms with E-state index in [1.807, 2.05) is 6.08 Å². The number of ether oxygens (including phenoxy) is 1. The van der Waals surface area contributed by atoms with E-state index in [1.165, 1.54) is 32.6 Å². The minimum atomic E-state index is -0.212. The number of carbonyl (C=O) groups is 1. The molecule has 0 aromatic rings. The first kappa shape index (κ1) is 14.2. The van der Waals surface area contributed by atoms with Crippen LogP contribution in [0.25, 0.3) is 0 Å². The first-order chi connectivity index (χ1) is 7.16. The number of hydrogen-bond acceptors (Lipinski definition) is 2. The zero-order valence-electron chi connectivity index (χ0n) is 10.3. The summed E-state index contributed by atoms with van der Waals surface area (Å²) >= 11 is 0. The molecule has 0 aliphatic carbocycles. The fourth-order valence-electron chi connectivity index (χ4n) is 1.57. The molecule has 15 heavy (non-hydrogen) atoms. The van der Waals surface area contributed by atoms with Crippen molar-refractivity contribution in [1.82, 2.24) is 0 Å². The molecule has 1 atom stereocenters. The van der Waals surface area contributed by atoms with Crippen LogP contribution in [0.5, 0.6) is 0 Å². The lowest BCUT2D eigenvalue weighted by Gasteiger charge is -2.07. The van der Waals surface area contributed by atoms with Crippen LogP contribution in [0.2, 0.25) is 0 Å². The predicted octanol–water partition coefficient (Wildman–Crippen LogP) is 3.71. The zero-order chi connectivity index (χ0) is 11.5. The van der Waals surface area contributed by atoms with Crippen molar-refractivity contribution < 1.29 is 9.53 Å². The monoisotopic (exact) mass is 212 g/mol. The van der Waals surface area contributed by atoms with Gasteiger partial charge in [0.15, 0.2) is 0 Å². The highest BCUT2D eigenvalue weighted by Gasteiger charge is 1.98. The lowest BCUT2D eigenvalue weighted by molar-refractivity contribution is -0.139. The third-order valence-corrected chi connectivity index (χ3v) is 2.40. The molecule has 0 N–H and O–H groups in total. The summed E-state index contributed by atoms with van der Waals surface area (Å²) < 4.78 is 4.78. The largest absolute Gasteiger partial charge is 0.462 e. The third kappa shape index (κ3) is 11.1. The second-order valence-corrected chi connectivity index (χ2v) is 4.10. The SMILES string of the molecule is CCCC(C)CCCC=CCOC(C)=O. The average Bonchev–Trinajstić information content (AvgIpc) is 2.16. The van der Waals surface area contributed by atoms with Crippen LogP contribution in [0.3, 0.4) is 0 Å². The number of unbranched alkanes of at least 4 members (excludes halogenated alkanes) is 1. The van der Waals surface area contributed by atoms with Crippen molar-refractivity contribution in [3.8, 4) is 0 Å². The van der Waals surface area contributed by atoms with Crippen molar-refractivity contribution in [2.45, 2.75) is 52.9 Å². The minimum absolute atomic E-state index is 0.212. The van der Waals surface area contributed by atoms with Gasteiger partial charge in [-0.15, -0.1) is 0 Å². The van der Waals surface area contributed by atoms with Crippen molar-refractivity contribution >= 4 is 5.97 Å². The standard InChI is InChI=1S/C13H24O2/c1-4-9-12(2)10-7-5-6-8-11-15-13(3)14/h6,8,12H,4-5,7,9-11H2,1-3H3. The molecule has 0 saturated carbocycles. The second kappa shape index (κ2) is 9.75. The molecular formula is C13H24O2. The van der Waals surface area contributed by atoms with E-state index in [0.717, 1.165) is 12.3 Å². The number of hydrogen-bond donors (Lipinski definition) is 0. The van der Waals surface area contributed by atoms with E-state index in [9.17, 15) is 4.79 Å². The van der Waals surface area contributed by atoms with Crippen molar-refractivity contribution in [2.24, 2.45) is 5.92 Å². The Bertz CT molecular complexity index is 185. The first-order valence-corrected chi connectivity index (χ1v) is 5.95. The van der Waals surface area contributed by atoms with Crippen molar-refractivity contribution in [3.05, 3.63) is 12.2 Å². The normalized spacial score (nSPS) is 13.0. The van der Waals surface area contributed by atoms with Gasteiger partial charge in [0.25, 0.3) is 0 Å². The van der Waals surface area contributed by atoms with Crippen LogP contribution < -0.4 is 0 Å². The Morgan fingerprint density at radius 2 is 2.07 bits per heavy atom. The molecule has 0 aliphatic rings. The van der Waals surface area contributed by atoms with Gasteiger partial charge in [-0.3, -0.25) is 4.79 Å². The van der Waals surface area contributed by atoms with E-state index >= 15 is 0 Å². The summed E-state index contributed by atoms with van der Waals surface area (Å²) in [5.74, 6) is 0.632. The maximum absolute atomic E-state index is 10.4. The highest BCUT2D eigenvalue weighted by molar-refractivity contribution is 5.65. The first-order valence-electron chi connectivity index (χ1n) is 5.95. The quantitative estimate of drug-likeness (QED) is 0.348. The number of esters is 1.